The Morgan fingerprint density at radius 3 is 2.80 bits per heavy atom. The monoisotopic (exact) mass is 207 g/mol. The van der Waals surface area contributed by atoms with Crippen LogP contribution in [0.1, 0.15) is 5.56 Å². The highest BCUT2D eigenvalue weighted by molar-refractivity contribution is 5.78. The second-order valence-electron chi connectivity index (χ2n) is 3.33. The van der Waals surface area contributed by atoms with Crippen molar-refractivity contribution in [3.8, 4) is 11.5 Å². The quantitative estimate of drug-likeness (QED) is 0.778. The number of likely N-dealkylation sites (N-methyl/N-ethyl adjacent to an activating group) is 1. The van der Waals surface area contributed by atoms with E-state index in [9.17, 15) is 4.79 Å². The third-order valence-electron chi connectivity index (χ3n) is 2.25. The van der Waals surface area contributed by atoms with Gasteiger partial charge in [-0.15, -0.1) is 0 Å². The molecule has 0 bridgehead atoms. The van der Waals surface area contributed by atoms with E-state index in [2.05, 4.69) is 5.32 Å². The Balaban J connectivity index is 2.17. The van der Waals surface area contributed by atoms with Gasteiger partial charge in [0.2, 0.25) is 5.91 Å². The standard InChI is InChI=1S/C11H13NO3/c1-12-11(13)7-8-2-3-9-10(6-8)15-5-4-14-9/h2-3,6H,4-5,7H2,1H3,(H,12,13). The Labute approximate surface area is 88.2 Å². The second kappa shape index (κ2) is 4.21. The first-order valence-electron chi connectivity index (χ1n) is 4.88. The molecule has 1 N–H and O–H groups in total. The summed E-state index contributed by atoms with van der Waals surface area (Å²) in [6.07, 6.45) is 0.368. The molecule has 1 aliphatic rings. The Hall–Kier alpha value is -1.71. The summed E-state index contributed by atoms with van der Waals surface area (Å²) in [4.78, 5) is 11.2. The number of hydrogen-bond acceptors (Lipinski definition) is 3. The van der Waals surface area contributed by atoms with E-state index in [1.165, 1.54) is 0 Å². The van der Waals surface area contributed by atoms with Gasteiger partial charge in [-0.1, -0.05) is 6.07 Å². The van der Waals surface area contributed by atoms with E-state index in [1.807, 2.05) is 18.2 Å². The molecule has 0 saturated carbocycles. The summed E-state index contributed by atoms with van der Waals surface area (Å²) in [7, 11) is 1.63. The molecular weight excluding hydrogens is 194 g/mol. The van der Waals surface area contributed by atoms with E-state index in [4.69, 9.17) is 9.47 Å². The minimum atomic E-state index is -0.00771. The molecule has 1 aromatic rings. The highest BCUT2D eigenvalue weighted by atomic mass is 16.6. The molecular formula is C11H13NO3. The van der Waals surface area contributed by atoms with E-state index in [0.29, 0.717) is 19.6 Å². The van der Waals surface area contributed by atoms with Crippen LogP contribution in [0, 0.1) is 0 Å². The van der Waals surface area contributed by atoms with Gasteiger partial charge in [-0.05, 0) is 17.7 Å². The summed E-state index contributed by atoms with van der Waals surface area (Å²) in [5.74, 6) is 1.47. The lowest BCUT2D eigenvalue weighted by molar-refractivity contribution is -0.119. The first-order valence-corrected chi connectivity index (χ1v) is 4.88. The largest absolute Gasteiger partial charge is 0.486 e. The maximum absolute atomic E-state index is 11.2. The fourth-order valence-electron chi connectivity index (χ4n) is 1.47. The lowest BCUT2D eigenvalue weighted by Crippen LogP contribution is -2.20. The molecule has 0 radical (unpaired) electrons. The predicted molar refractivity (Wildman–Crippen MR) is 55.2 cm³/mol. The van der Waals surface area contributed by atoms with E-state index in [-0.39, 0.29) is 5.91 Å². The number of amides is 1. The summed E-state index contributed by atoms with van der Waals surface area (Å²) in [6, 6.07) is 5.57. The summed E-state index contributed by atoms with van der Waals surface area (Å²) in [5, 5.41) is 2.58. The number of carbonyl (C=O) groups excluding carboxylic acids is 1. The van der Waals surface area contributed by atoms with Crippen molar-refractivity contribution in [3.63, 3.8) is 0 Å². The van der Waals surface area contributed by atoms with Gasteiger partial charge in [-0.25, -0.2) is 0 Å². The van der Waals surface area contributed by atoms with Crippen LogP contribution in [0.25, 0.3) is 0 Å². The number of benzene rings is 1. The number of hydrogen-bond donors (Lipinski definition) is 1. The van der Waals surface area contributed by atoms with Gasteiger partial charge in [0.15, 0.2) is 11.5 Å². The van der Waals surface area contributed by atoms with Crippen molar-refractivity contribution in [2.45, 2.75) is 6.42 Å². The molecule has 0 saturated heterocycles. The number of nitrogens with one attached hydrogen (secondary N) is 1. The van der Waals surface area contributed by atoms with E-state index >= 15 is 0 Å². The number of ether oxygens (including phenoxy) is 2. The van der Waals surface area contributed by atoms with E-state index < -0.39 is 0 Å². The zero-order valence-corrected chi connectivity index (χ0v) is 8.58. The molecule has 0 spiro atoms. The maximum Gasteiger partial charge on any atom is 0.224 e. The van der Waals surface area contributed by atoms with Gasteiger partial charge in [0.25, 0.3) is 0 Å². The zero-order chi connectivity index (χ0) is 10.7. The van der Waals surface area contributed by atoms with Gasteiger partial charge in [0, 0.05) is 7.05 Å². The molecule has 0 fully saturated rings. The third kappa shape index (κ3) is 2.21. The fraction of sp³-hybridized carbons (Fsp3) is 0.364. The summed E-state index contributed by atoms with van der Waals surface area (Å²) in [5.41, 5.74) is 0.929. The Morgan fingerprint density at radius 2 is 2.07 bits per heavy atom. The van der Waals surface area contributed by atoms with E-state index in [0.717, 1.165) is 17.1 Å². The first-order chi connectivity index (χ1) is 7.29. The number of rotatable bonds is 2. The Bertz CT molecular complexity index is 376. The van der Waals surface area contributed by atoms with Crippen LogP contribution in [0.5, 0.6) is 11.5 Å². The fourth-order valence-corrected chi connectivity index (χ4v) is 1.47. The Morgan fingerprint density at radius 1 is 1.33 bits per heavy atom. The summed E-state index contributed by atoms with van der Waals surface area (Å²) >= 11 is 0. The smallest absolute Gasteiger partial charge is 0.224 e. The third-order valence-corrected chi connectivity index (χ3v) is 2.25. The molecule has 0 aliphatic carbocycles. The van der Waals surface area contributed by atoms with Crippen LogP contribution in [-0.2, 0) is 11.2 Å². The molecule has 1 aliphatic heterocycles. The second-order valence-corrected chi connectivity index (χ2v) is 3.33. The minimum Gasteiger partial charge on any atom is -0.486 e. The van der Waals surface area contributed by atoms with Gasteiger partial charge in [-0.2, -0.15) is 0 Å². The van der Waals surface area contributed by atoms with Gasteiger partial charge >= 0.3 is 0 Å². The lowest BCUT2D eigenvalue weighted by atomic mass is 10.1. The van der Waals surface area contributed by atoms with Crippen LogP contribution in [0.4, 0.5) is 0 Å². The van der Waals surface area contributed by atoms with Crippen LogP contribution in [0.3, 0.4) is 0 Å². The molecule has 4 heteroatoms. The van der Waals surface area contributed by atoms with Crippen molar-refractivity contribution in [3.05, 3.63) is 23.8 Å². The summed E-state index contributed by atoms with van der Waals surface area (Å²) in [6.45, 7) is 1.15. The Kier molecular flexibility index (Phi) is 2.76. The van der Waals surface area contributed by atoms with Crippen molar-refractivity contribution < 1.29 is 14.3 Å². The highest BCUT2D eigenvalue weighted by Gasteiger charge is 2.12. The molecule has 1 aromatic carbocycles. The molecule has 0 unspecified atom stereocenters. The maximum atomic E-state index is 11.2. The molecule has 2 rings (SSSR count). The molecule has 0 atom stereocenters. The average Bonchev–Trinajstić information content (AvgIpc) is 2.29. The van der Waals surface area contributed by atoms with Crippen molar-refractivity contribution in [1.29, 1.82) is 0 Å². The molecule has 4 nitrogen and oxygen atoms in total. The summed E-state index contributed by atoms with van der Waals surface area (Å²) < 4.78 is 10.8. The topological polar surface area (TPSA) is 47.6 Å². The van der Waals surface area contributed by atoms with Crippen molar-refractivity contribution in [2.75, 3.05) is 20.3 Å². The number of carbonyl (C=O) groups is 1. The molecule has 15 heavy (non-hydrogen) atoms. The molecule has 0 aromatic heterocycles. The van der Waals surface area contributed by atoms with Crippen LogP contribution in [0.2, 0.25) is 0 Å². The minimum absolute atomic E-state index is 0.00771. The van der Waals surface area contributed by atoms with Gasteiger partial charge in [-0.3, -0.25) is 4.79 Å². The van der Waals surface area contributed by atoms with E-state index in [1.54, 1.807) is 7.05 Å². The molecule has 1 heterocycles. The van der Waals surface area contributed by atoms with Crippen LogP contribution in [-0.4, -0.2) is 26.2 Å². The van der Waals surface area contributed by atoms with Gasteiger partial charge < -0.3 is 14.8 Å². The molecule has 1 amide bonds. The normalized spacial score (nSPS) is 13.4. The lowest BCUT2D eigenvalue weighted by Gasteiger charge is -2.18. The first kappa shape index (κ1) is 9.83. The van der Waals surface area contributed by atoms with Gasteiger partial charge in [0.1, 0.15) is 13.2 Å². The zero-order valence-electron chi connectivity index (χ0n) is 8.58. The van der Waals surface area contributed by atoms with Crippen LogP contribution in [0.15, 0.2) is 18.2 Å². The van der Waals surface area contributed by atoms with Crippen LogP contribution < -0.4 is 14.8 Å². The van der Waals surface area contributed by atoms with Crippen LogP contribution >= 0.6 is 0 Å². The SMILES string of the molecule is CNC(=O)Cc1ccc2c(c1)OCCO2. The predicted octanol–water partition coefficient (Wildman–Crippen LogP) is 0.746. The van der Waals surface area contributed by atoms with Crippen molar-refractivity contribution >= 4 is 5.91 Å². The van der Waals surface area contributed by atoms with Crippen molar-refractivity contribution in [1.82, 2.24) is 5.32 Å². The molecule has 80 valence electrons. The van der Waals surface area contributed by atoms with Gasteiger partial charge in [0.05, 0.1) is 6.42 Å². The average molecular weight is 207 g/mol. The van der Waals surface area contributed by atoms with Crippen molar-refractivity contribution in [2.24, 2.45) is 0 Å². The number of fused-ring (bicyclic) bond motifs is 1. The highest BCUT2D eigenvalue weighted by Crippen LogP contribution is 2.30.